The highest BCUT2D eigenvalue weighted by atomic mass is 16.2. The standard InChI is InChI=1S/C31H30N10O2/c1-18-10-13-41-29(36-18)27(28(32)38-41)30(42)37-19(2)25-14-22-7-5-6-21(8-9-23-15-35-39(4)20(23)3)26(22)31(43)40(25)12-11-24-16-33-17-34-24/h5-7,10,13-17,19H,11-12H2,1-4H3,(H2,32,38)(H,33,34)(H,37,42). The molecule has 4 N–H and O–H groups in total. The Kier molecular flexibility index (Phi) is 6.99. The molecule has 12 nitrogen and oxygen atoms in total. The van der Waals surface area contributed by atoms with E-state index in [1.165, 1.54) is 4.52 Å². The Morgan fingerprint density at radius 2 is 2.00 bits per heavy atom. The normalized spacial score (nSPS) is 11.9. The Morgan fingerprint density at radius 1 is 1.19 bits per heavy atom. The minimum absolute atomic E-state index is 0.0734. The fourth-order valence-corrected chi connectivity index (χ4v) is 5.12. The number of hydrogen-bond acceptors (Lipinski definition) is 7. The van der Waals surface area contributed by atoms with Gasteiger partial charge in [-0.15, -0.1) is 5.10 Å². The van der Waals surface area contributed by atoms with Crippen LogP contribution in [0.2, 0.25) is 0 Å². The van der Waals surface area contributed by atoms with Crippen molar-refractivity contribution < 1.29 is 4.79 Å². The number of anilines is 1. The van der Waals surface area contributed by atoms with Gasteiger partial charge in [-0.05, 0) is 44.4 Å². The Hall–Kier alpha value is -5.70. The minimum atomic E-state index is -0.560. The van der Waals surface area contributed by atoms with Gasteiger partial charge in [-0.2, -0.15) is 5.10 Å². The SMILES string of the molecule is Cc1ccn2nc(N)c(C(=O)NC(C)c3cc4cccc(C#Cc5cnn(C)c5C)c4c(=O)n3CCc3c[nH]cn3)c2n1. The molecule has 0 saturated carbocycles. The number of aryl methyl sites for hydroxylation is 3. The van der Waals surface area contributed by atoms with Crippen LogP contribution in [0.3, 0.4) is 0 Å². The van der Waals surface area contributed by atoms with E-state index in [9.17, 15) is 9.59 Å². The zero-order valence-corrected chi connectivity index (χ0v) is 24.2. The number of nitrogen functional groups attached to an aromatic ring is 1. The number of amides is 1. The van der Waals surface area contributed by atoms with Gasteiger partial charge in [-0.3, -0.25) is 14.3 Å². The highest BCUT2D eigenvalue weighted by molar-refractivity contribution is 6.04. The molecule has 6 aromatic rings. The molecule has 5 heterocycles. The van der Waals surface area contributed by atoms with Crippen molar-refractivity contribution >= 4 is 28.1 Å². The van der Waals surface area contributed by atoms with Crippen molar-refractivity contribution in [2.24, 2.45) is 7.05 Å². The number of pyridine rings is 1. The topological polar surface area (TPSA) is 154 Å². The Labute approximate surface area is 246 Å². The smallest absolute Gasteiger partial charge is 0.259 e. The fourth-order valence-electron chi connectivity index (χ4n) is 5.12. The van der Waals surface area contributed by atoms with Crippen LogP contribution in [-0.2, 0) is 20.0 Å². The summed E-state index contributed by atoms with van der Waals surface area (Å²) >= 11 is 0. The minimum Gasteiger partial charge on any atom is -0.381 e. The number of carbonyl (C=O) groups excluding carboxylic acids is 1. The average molecular weight is 575 g/mol. The van der Waals surface area contributed by atoms with Gasteiger partial charge in [0.1, 0.15) is 5.56 Å². The third-order valence-corrected chi connectivity index (χ3v) is 7.55. The molecular formula is C31H30N10O2. The van der Waals surface area contributed by atoms with Crippen molar-refractivity contribution in [1.82, 2.24) is 44.2 Å². The molecule has 0 radical (unpaired) electrons. The molecule has 43 heavy (non-hydrogen) atoms. The van der Waals surface area contributed by atoms with E-state index in [1.54, 1.807) is 40.2 Å². The van der Waals surface area contributed by atoms with Gasteiger partial charge in [0.05, 0.1) is 40.9 Å². The lowest BCUT2D eigenvalue weighted by Gasteiger charge is -2.21. The largest absolute Gasteiger partial charge is 0.381 e. The lowest BCUT2D eigenvalue weighted by atomic mass is 10.0. The third kappa shape index (κ3) is 5.12. The molecule has 0 spiro atoms. The Balaban J connectivity index is 1.42. The zero-order chi connectivity index (χ0) is 30.2. The molecule has 0 aliphatic carbocycles. The molecule has 5 aromatic heterocycles. The number of hydrogen-bond donors (Lipinski definition) is 3. The summed E-state index contributed by atoms with van der Waals surface area (Å²) in [5.74, 6) is 6.00. The monoisotopic (exact) mass is 574 g/mol. The summed E-state index contributed by atoms with van der Waals surface area (Å²) < 4.78 is 4.92. The summed E-state index contributed by atoms with van der Waals surface area (Å²) in [5.41, 5.74) is 11.0. The van der Waals surface area contributed by atoms with Gasteiger partial charge in [0.2, 0.25) is 0 Å². The number of fused-ring (bicyclic) bond motifs is 2. The van der Waals surface area contributed by atoms with Gasteiger partial charge in [0.15, 0.2) is 11.5 Å². The first-order chi connectivity index (χ1) is 20.7. The Morgan fingerprint density at radius 3 is 2.74 bits per heavy atom. The first kappa shape index (κ1) is 27.5. The summed E-state index contributed by atoms with van der Waals surface area (Å²) in [6, 6.07) is 8.74. The van der Waals surface area contributed by atoms with E-state index in [1.807, 2.05) is 52.1 Å². The second kappa shape index (κ2) is 10.9. The number of nitrogens with zero attached hydrogens (tertiary/aromatic N) is 7. The van der Waals surface area contributed by atoms with Gasteiger partial charge in [-0.25, -0.2) is 14.5 Å². The number of aromatic nitrogens is 8. The van der Waals surface area contributed by atoms with Crippen molar-refractivity contribution in [3.8, 4) is 11.8 Å². The van der Waals surface area contributed by atoms with Crippen molar-refractivity contribution in [3.63, 3.8) is 0 Å². The molecule has 12 heteroatoms. The second-order valence-electron chi connectivity index (χ2n) is 10.4. The summed E-state index contributed by atoms with van der Waals surface area (Å²) in [6.45, 7) is 5.95. The van der Waals surface area contributed by atoms with Gasteiger partial charge in [0.25, 0.3) is 11.5 Å². The van der Waals surface area contributed by atoms with Crippen LogP contribution in [-0.4, -0.2) is 44.8 Å². The van der Waals surface area contributed by atoms with Crippen LogP contribution in [0.25, 0.3) is 16.4 Å². The molecule has 0 fully saturated rings. The van der Waals surface area contributed by atoms with Crippen LogP contribution in [0.5, 0.6) is 0 Å². The van der Waals surface area contributed by atoms with Crippen molar-refractivity contribution in [2.45, 2.75) is 39.8 Å². The van der Waals surface area contributed by atoms with Crippen LogP contribution in [0.4, 0.5) is 5.82 Å². The van der Waals surface area contributed by atoms with Crippen LogP contribution in [0, 0.1) is 25.7 Å². The highest BCUT2D eigenvalue weighted by Gasteiger charge is 2.24. The highest BCUT2D eigenvalue weighted by Crippen LogP contribution is 2.23. The van der Waals surface area contributed by atoms with Crippen LogP contribution in [0.15, 0.2) is 60.0 Å². The summed E-state index contributed by atoms with van der Waals surface area (Å²) in [5, 5.41) is 12.7. The lowest BCUT2D eigenvalue weighted by Crippen LogP contribution is -2.33. The predicted octanol–water partition coefficient (Wildman–Crippen LogP) is 2.83. The molecule has 0 aliphatic heterocycles. The van der Waals surface area contributed by atoms with Crippen molar-refractivity contribution in [2.75, 3.05) is 5.73 Å². The van der Waals surface area contributed by atoms with E-state index >= 15 is 0 Å². The molecule has 216 valence electrons. The summed E-state index contributed by atoms with van der Waals surface area (Å²) in [7, 11) is 1.86. The number of imidazole rings is 1. The number of H-pyrrole nitrogens is 1. The second-order valence-corrected chi connectivity index (χ2v) is 10.4. The first-order valence-corrected chi connectivity index (χ1v) is 13.8. The molecule has 0 saturated heterocycles. The molecule has 6 rings (SSSR count). The molecule has 1 aromatic carbocycles. The van der Waals surface area contributed by atoms with Crippen LogP contribution < -0.4 is 16.6 Å². The van der Waals surface area contributed by atoms with Gasteiger partial charge < -0.3 is 20.6 Å². The van der Waals surface area contributed by atoms with Crippen LogP contribution in [0.1, 0.15) is 57.2 Å². The molecule has 0 aliphatic rings. The van der Waals surface area contributed by atoms with E-state index in [0.717, 1.165) is 28.0 Å². The van der Waals surface area contributed by atoms with E-state index in [0.29, 0.717) is 35.3 Å². The zero-order valence-electron chi connectivity index (χ0n) is 24.2. The number of benzene rings is 1. The number of carbonyl (C=O) groups is 1. The first-order valence-electron chi connectivity index (χ1n) is 13.8. The number of rotatable bonds is 6. The van der Waals surface area contributed by atoms with E-state index in [4.69, 9.17) is 5.73 Å². The fraction of sp³-hybridized carbons (Fsp3) is 0.226. The Bertz CT molecular complexity index is 2120. The summed E-state index contributed by atoms with van der Waals surface area (Å²) in [6.07, 6.45) is 7.33. The van der Waals surface area contributed by atoms with E-state index < -0.39 is 11.9 Å². The maximum Gasteiger partial charge on any atom is 0.259 e. The third-order valence-electron chi connectivity index (χ3n) is 7.55. The molecular weight excluding hydrogens is 544 g/mol. The van der Waals surface area contributed by atoms with Gasteiger partial charge in [-0.1, -0.05) is 24.0 Å². The molecule has 1 atom stereocenters. The van der Waals surface area contributed by atoms with Gasteiger partial charge in [0, 0.05) is 49.4 Å². The van der Waals surface area contributed by atoms with E-state index in [2.05, 4.69) is 42.3 Å². The average Bonchev–Trinajstić information content (AvgIpc) is 3.70. The molecule has 1 unspecified atom stereocenters. The van der Waals surface area contributed by atoms with Crippen LogP contribution >= 0.6 is 0 Å². The quantitative estimate of drug-likeness (QED) is 0.259. The maximum absolute atomic E-state index is 14.2. The van der Waals surface area contributed by atoms with E-state index in [-0.39, 0.29) is 16.9 Å². The lowest BCUT2D eigenvalue weighted by molar-refractivity contribution is 0.0940. The molecule has 0 bridgehead atoms. The van der Waals surface area contributed by atoms with Gasteiger partial charge >= 0.3 is 0 Å². The number of nitrogens with two attached hydrogens (primary N) is 1. The number of aromatic amines is 1. The van der Waals surface area contributed by atoms with Crippen molar-refractivity contribution in [3.05, 3.63) is 105 Å². The maximum atomic E-state index is 14.2. The molecule has 1 amide bonds. The summed E-state index contributed by atoms with van der Waals surface area (Å²) in [4.78, 5) is 39.5. The predicted molar refractivity (Wildman–Crippen MR) is 162 cm³/mol. The van der Waals surface area contributed by atoms with Crippen molar-refractivity contribution in [1.29, 1.82) is 0 Å². The number of nitrogens with one attached hydrogen (secondary N) is 2.